The summed E-state index contributed by atoms with van der Waals surface area (Å²) in [6.07, 6.45) is 3.81. The molecule has 0 spiro atoms. The molecule has 0 unspecified atom stereocenters. The number of fused-ring (bicyclic) bond motifs is 1. The molecule has 0 radical (unpaired) electrons. The number of carbonyl (C=O) groups excluding carboxylic acids is 1. The molecule has 1 fully saturated rings. The highest BCUT2D eigenvalue weighted by Gasteiger charge is 2.28. The van der Waals surface area contributed by atoms with Crippen molar-refractivity contribution in [1.29, 1.82) is 0 Å². The number of aromatic nitrogens is 1. The second-order valence-corrected chi connectivity index (χ2v) is 7.14. The highest BCUT2D eigenvalue weighted by molar-refractivity contribution is 6.31. The molecule has 134 valence electrons. The van der Waals surface area contributed by atoms with E-state index in [0.717, 1.165) is 42.5 Å². The largest absolute Gasteiger partial charge is 0.462 e. The van der Waals surface area contributed by atoms with Gasteiger partial charge < -0.3 is 14.5 Å². The van der Waals surface area contributed by atoms with Crippen molar-refractivity contribution in [3.63, 3.8) is 0 Å². The first-order valence-corrected chi connectivity index (χ1v) is 9.18. The number of nitrogens with zero attached hydrogens (tertiary/aromatic N) is 2. The predicted octanol–water partition coefficient (Wildman–Crippen LogP) is 2.18. The number of halogens is 1. The third-order valence-corrected chi connectivity index (χ3v) is 5.24. The smallest absolute Gasteiger partial charge is 0.341 e. The van der Waals surface area contributed by atoms with Gasteiger partial charge in [0.05, 0.1) is 37.9 Å². The number of nitrogens with one attached hydrogen (secondary N) is 1. The first kappa shape index (κ1) is 18.0. The molecule has 5 nitrogen and oxygen atoms in total. The quantitative estimate of drug-likeness (QED) is 0.847. The molecule has 1 aromatic carbocycles. The second-order valence-electron chi connectivity index (χ2n) is 6.70. The zero-order valence-electron chi connectivity index (χ0n) is 15.0. The lowest BCUT2D eigenvalue weighted by Crippen LogP contribution is -3.10. The minimum atomic E-state index is -0.336. The Kier molecular flexibility index (Phi) is 5.45. The number of anilines is 1. The van der Waals surface area contributed by atoms with Crippen LogP contribution in [-0.4, -0.2) is 50.8 Å². The molecule has 0 atom stereocenters. The van der Waals surface area contributed by atoms with E-state index < -0.39 is 0 Å². The number of quaternary nitrogens is 1. The third kappa shape index (κ3) is 3.72. The van der Waals surface area contributed by atoms with Gasteiger partial charge in [0.1, 0.15) is 5.56 Å². The number of rotatable bonds is 4. The van der Waals surface area contributed by atoms with E-state index in [1.165, 1.54) is 0 Å². The number of carbonyl (C=O) groups is 1. The molecule has 6 heteroatoms. The van der Waals surface area contributed by atoms with Gasteiger partial charge in [0.15, 0.2) is 0 Å². The molecule has 1 N–H and O–H groups in total. The maximum atomic E-state index is 12.5. The van der Waals surface area contributed by atoms with Gasteiger partial charge in [0, 0.05) is 42.5 Å². The summed E-state index contributed by atoms with van der Waals surface area (Å²) in [4.78, 5) is 20.7. The fourth-order valence-electron chi connectivity index (χ4n) is 3.55. The van der Waals surface area contributed by atoms with Gasteiger partial charge in [-0.25, -0.2) is 4.79 Å². The lowest BCUT2D eigenvalue weighted by Gasteiger charge is -2.35. The van der Waals surface area contributed by atoms with Gasteiger partial charge in [-0.05, 0) is 25.1 Å². The number of hydrogen-bond donors (Lipinski definition) is 1. The fraction of sp³-hybridized carbons (Fsp3) is 0.474. The van der Waals surface area contributed by atoms with Crippen LogP contribution in [0.1, 0.15) is 30.1 Å². The van der Waals surface area contributed by atoms with Crippen LogP contribution in [-0.2, 0) is 4.74 Å². The van der Waals surface area contributed by atoms with Crippen LogP contribution in [0.5, 0.6) is 0 Å². The Bertz CT molecular complexity index is 773. The van der Waals surface area contributed by atoms with Crippen LogP contribution in [0.3, 0.4) is 0 Å². The molecule has 1 aliphatic rings. The van der Waals surface area contributed by atoms with Crippen LogP contribution in [0, 0.1) is 0 Å². The zero-order chi connectivity index (χ0) is 18.0. The van der Waals surface area contributed by atoms with Gasteiger partial charge in [-0.1, -0.05) is 11.6 Å². The van der Waals surface area contributed by atoms with E-state index in [2.05, 4.69) is 24.0 Å². The van der Waals surface area contributed by atoms with Crippen molar-refractivity contribution in [2.24, 2.45) is 0 Å². The number of likely N-dealkylation sites (tertiary alicyclic amines) is 1. The Labute approximate surface area is 153 Å². The predicted molar refractivity (Wildman–Crippen MR) is 101 cm³/mol. The monoisotopic (exact) mass is 362 g/mol. The van der Waals surface area contributed by atoms with Crippen LogP contribution in [0.25, 0.3) is 10.9 Å². The number of benzene rings is 1. The van der Waals surface area contributed by atoms with Crippen molar-refractivity contribution in [1.82, 2.24) is 4.98 Å². The molecule has 0 amide bonds. The lowest BCUT2D eigenvalue weighted by molar-refractivity contribution is -0.884. The van der Waals surface area contributed by atoms with Crippen molar-refractivity contribution >= 4 is 34.2 Å². The summed E-state index contributed by atoms with van der Waals surface area (Å²) < 4.78 is 5.26. The van der Waals surface area contributed by atoms with E-state index in [9.17, 15) is 4.79 Å². The van der Waals surface area contributed by atoms with Crippen molar-refractivity contribution in [3.05, 3.63) is 35.0 Å². The molecular formula is C19H25ClN3O2+. The molecule has 2 heterocycles. The van der Waals surface area contributed by atoms with Crippen LogP contribution in [0.15, 0.2) is 24.4 Å². The van der Waals surface area contributed by atoms with Crippen molar-refractivity contribution in [3.8, 4) is 0 Å². The Morgan fingerprint density at radius 3 is 2.80 bits per heavy atom. The second kappa shape index (κ2) is 7.58. The molecule has 1 aromatic heterocycles. The highest BCUT2D eigenvalue weighted by Crippen LogP contribution is 2.33. The van der Waals surface area contributed by atoms with E-state index in [-0.39, 0.29) is 5.97 Å². The van der Waals surface area contributed by atoms with Crippen LogP contribution in [0.2, 0.25) is 5.02 Å². The molecule has 25 heavy (non-hydrogen) atoms. The van der Waals surface area contributed by atoms with Crippen molar-refractivity contribution in [2.45, 2.75) is 25.8 Å². The molecule has 0 bridgehead atoms. The fourth-order valence-corrected chi connectivity index (χ4v) is 3.73. The van der Waals surface area contributed by atoms with Gasteiger partial charge >= 0.3 is 5.97 Å². The average Bonchev–Trinajstić information content (AvgIpc) is 2.61. The number of ether oxygens (including phenoxy) is 1. The summed E-state index contributed by atoms with van der Waals surface area (Å²) >= 11 is 6.23. The summed E-state index contributed by atoms with van der Waals surface area (Å²) in [5, 5.41) is 1.53. The van der Waals surface area contributed by atoms with E-state index >= 15 is 0 Å². The minimum Gasteiger partial charge on any atom is -0.462 e. The van der Waals surface area contributed by atoms with Gasteiger partial charge in [-0.2, -0.15) is 0 Å². The minimum absolute atomic E-state index is 0.336. The van der Waals surface area contributed by atoms with E-state index in [0.29, 0.717) is 23.2 Å². The Hall–Kier alpha value is -1.85. The van der Waals surface area contributed by atoms with Crippen molar-refractivity contribution in [2.75, 3.05) is 38.7 Å². The lowest BCUT2D eigenvalue weighted by atomic mass is 10.0. The standard InChI is InChI=1S/C19H24ClN3O2/c1-4-25-19(24)16-12-21-17-6-5-13(20)11-15(17)18(16)23(3)14-7-9-22(2)10-8-14/h5-6,11-12,14H,4,7-10H2,1-3H3/p+1. The van der Waals surface area contributed by atoms with Gasteiger partial charge in [0.25, 0.3) is 0 Å². The Morgan fingerprint density at radius 1 is 1.40 bits per heavy atom. The summed E-state index contributed by atoms with van der Waals surface area (Å²) in [6, 6.07) is 5.99. The molecule has 2 aromatic rings. The molecule has 3 rings (SSSR count). The number of esters is 1. The topological polar surface area (TPSA) is 46.9 Å². The Balaban J connectivity index is 2.09. The molecule has 0 saturated carbocycles. The van der Waals surface area contributed by atoms with Gasteiger partial charge in [-0.3, -0.25) is 4.98 Å². The van der Waals surface area contributed by atoms with E-state index in [1.807, 2.05) is 25.1 Å². The first-order chi connectivity index (χ1) is 12.0. The third-order valence-electron chi connectivity index (χ3n) is 5.01. The SMILES string of the molecule is CCOC(=O)c1cnc2ccc(Cl)cc2c1N(C)C1CC[NH+](C)CC1. The maximum absolute atomic E-state index is 12.5. The molecule has 0 aliphatic carbocycles. The van der Waals surface area contributed by atoms with Gasteiger partial charge in [0.2, 0.25) is 0 Å². The number of pyridine rings is 1. The average molecular weight is 363 g/mol. The molecule has 1 aliphatic heterocycles. The van der Waals surface area contributed by atoms with E-state index in [4.69, 9.17) is 16.3 Å². The summed E-state index contributed by atoms with van der Waals surface area (Å²) in [7, 11) is 4.28. The van der Waals surface area contributed by atoms with Crippen LogP contribution >= 0.6 is 11.6 Å². The summed E-state index contributed by atoms with van der Waals surface area (Å²) in [6.45, 7) is 4.42. The molecular weight excluding hydrogens is 338 g/mol. The van der Waals surface area contributed by atoms with Crippen LogP contribution in [0.4, 0.5) is 5.69 Å². The van der Waals surface area contributed by atoms with Crippen LogP contribution < -0.4 is 9.80 Å². The number of hydrogen-bond acceptors (Lipinski definition) is 4. The number of piperidine rings is 1. The maximum Gasteiger partial charge on any atom is 0.341 e. The van der Waals surface area contributed by atoms with Gasteiger partial charge in [-0.15, -0.1) is 0 Å². The summed E-state index contributed by atoms with van der Waals surface area (Å²) in [5.41, 5.74) is 2.21. The zero-order valence-corrected chi connectivity index (χ0v) is 15.8. The normalized spacial score (nSPS) is 20.5. The highest BCUT2D eigenvalue weighted by atomic mass is 35.5. The van der Waals surface area contributed by atoms with E-state index in [1.54, 1.807) is 11.1 Å². The Morgan fingerprint density at radius 2 is 2.12 bits per heavy atom. The first-order valence-electron chi connectivity index (χ1n) is 8.80. The molecule has 1 saturated heterocycles. The van der Waals surface area contributed by atoms with Crippen molar-refractivity contribution < 1.29 is 14.4 Å². The summed E-state index contributed by atoms with van der Waals surface area (Å²) in [5.74, 6) is -0.336.